The zero-order valence-electron chi connectivity index (χ0n) is 24.6. The quantitative estimate of drug-likeness (QED) is 0.396. The fourth-order valence-corrected chi connectivity index (χ4v) is 3.50. The molecule has 2 saturated heterocycles. The summed E-state index contributed by atoms with van der Waals surface area (Å²) < 4.78 is 32.8. The van der Waals surface area contributed by atoms with Crippen molar-refractivity contribution in [2.45, 2.75) is 79.8 Å². The third-order valence-electron chi connectivity index (χ3n) is 5.13. The fraction of sp³-hybridized carbons (Fsp3) is 0.533. The lowest BCUT2D eigenvalue weighted by Crippen LogP contribution is -2.36. The number of methoxy groups -OCH3 is 2. The molecule has 0 N–H and O–H groups in total. The van der Waals surface area contributed by atoms with Crippen LogP contribution in [0.15, 0.2) is 48.5 Å². The molecule has 0 aromatic heterocycles. The van der Waals surface area contributed by atoms with Gasteiger partial charge in [0.05, 0.1) is 38.6 Å². The monoisotopic (exact) mass is 534 g/mol. The summed E-state index contributed by atoms with van der Waals surface area (Å²) in [6, 6.07) is 13.3. The van der Waals surface area contributed by atoms with Gasteiger partial charge in [0.2, 0.25) is 0 Å². The van der Waals surface area contributed by atoms with Gasteiger partial charge in [0.1, 0.15) is 23.7 Å². The smallest absolute Gasteiger partial charge is 0.338 e. The molecule has 0 spiro atoms. The lowest BCUT2D eigenvalue weighted by molar-refractivity contribution is -0.0287. The van der Waals surface area contributed by atoms with Crippen LogP contribution in [0.2, 0.25) is 0 Å². The highest BCUT2D eigenvalue weighted by Gasteiger charge is 2.51. The average molecular weight is 535 g/mol. The number of carbonyl (C=O) groups excluding carboxylic acids is 2. The van der Waals surface area contributed by atoms with Crippen molar-refractivity contribution in [3.05, 3.63) is 59.7 Å². The van der Waals surface area contributed by atoms with Crippen molar-refractivity contribution in [2.75, 3.05) is 27.4 Å². The minimum Gasteiger partial charge on any atom is -0.497 e. The molecule has 8 nitrogen and oxygen atoms in total. The highest BCUT2D eigenvalue weighted by atomic mass is 16.7. The van der Waals surface area contributed by atoms with Gasteiger partial charge in [-0.15, -0.1) is 0 Å². The van der Waals surface area contributed by atoms with Crippen molar-refractivity contribution in [2.24, 2.45) is 0 Å². The largest absolute Gasteiger partial charge is 0.497 e. The summed E-state index contributed by atoms with van der Waals surface area (Å²) in [5, 5.41) is 0. The maximum atomic E-state index is 12.4. The molecule has 38 heavy (non-hydrogen) atoms. The van der Waals surface area contributed by atoms with E-state index in [1.54, 1.807) is 62.8 Å². The van der Waals surface area contributed by atoms with E-state index in [9.17, 15) is 9.59 Å². The first-order valence-electron chi connectivity index (χ1n) is 13.5. The van der Waals surface area contributed by atoms with Gasteiger partial charge in [-0.1, -0.05) is 55.4 Å². The first-order valence-corrected chi connectivity index (χ1v) is 13.5. The molecule has 8 heteroatoms. The van der Waals surface area contributed by atoms with Gasteiger partial charge >= 0.3 is 11.9 Å². The van der Waals surface area contributed by atoms with Gasteiger partial charge in [-0.2, -0.15) is 0 Å². The molecule has 2 aromatic carbocycles. The summed E-state index contributed by atoms with van der Waals surface area (Å²) in [5.41, 5.74) is 0.805. The molecule has 0 aliphatic carbocycles. The van der Waals surface area contributed by atoms with E-state index in [1.165, 1.54) is 0 Å². The summed E-state index contributed by atoms with van der Waals surface area (Å²) in [5.74, 6) is 0.344. The van der Waals surface area contributed by atoms with Crippen molar-refractivity contribution in [1.82, 2.24) is 0 Å². The molecule has 214 valence electrons. The predicted molar refractivity (Wildman–Crippen MR) is 149 cm³/mol. The van der Waals surface area contributed by atoms with Crippen LogP contribution in [0.3, 0.4) is 0 Å². The fourth-order valence-electron chi connectivity index (χ4n) is 3.50. The summed E-state index contributed by atoms with van der Waals surface area (Å²) in [6.45, 7) is 16.3. The van der Waals surface area contributed by atoms with Gasteiger partial charge in [-0.25, -0.2) is 9.59 Å². The summed E-state index contributed by atoms with van der Waals surface area (Å²) in [7, 11) is 3.11. The zero-order valence-corrected chi connectivity index (χ0v) is 24.6. The van der Waals surface area contributed by atoms with E-state index in [4.69, 9.17) is 28.4 Å². The van der Waals surface area contributed by atoms with Crippen LogP contribution >= 0.6 is 0 Å². The normalized spacial score (nSPS) is 20.2. The van der Waals surface area contributed by atoms with Gasteiger partial charge in [-0.3, -0.25) is 0 Å². The minimum atomic E-state index is -0.575. The maximum Gasteiger partial charge on any atom is 0.338 e. The number of esters is 2. The molecule has 0 amide bonds. The number of rotatable bonds is 6. The molecule has 0 bridgehead atoms. The molecule has 0 unspecified atom stereocenters. The Hall–Kier alpha value is -3.10. The van der Waals surface area contributed by atoms with Crippen LogP contribution in [-0.4, -0.2) is 63.8 Å². The van der Waals surface area contributed by atoms with Crippen molar-refractivity contribution < 1.29 is 38.0 Å². The van der Waals surface area contributed by atoms with Crippen LogP contribution in [0.5, 0.6) is 11.5 Å². The Morgan fingerprint density at radius 2 is 0.868 bits per heavy atom. The highest BCUT2D eigenvalue weighted by molar-refractivity contribution is 5.90. The molecular formula is C30H46O8. The van der Waals surface area contributed by atoms with E-state index >= 15 is 0 Å². The number of carbonyl (C=O) groups is 2. The second-order valence-electron chi connectivity index (χ2n) is 6.94. The van der Waals surface area contributed by atoms with Gasteiger partial charge < -0.3 is 28.4 Å². The highest BCUT2D eigenvalue weighted by Crippen LogP contribution is 2.31. The zero-order chi connectivity index (χ0) is 29.1. The number of hydrogen-bond acceptors (Lipinski definition) is 8. The van der Waals surface area contributed by atoms with Gasteiger partial charge in [0, 0.05) is 0 Å². The van der Waals surface area contributed by atoms with E-state index in [-0.39, 0.29) is 13.2 Å². The molecule has 2 heterocycles. The van der Waals surface area contributed by atoms with Crippen molar-refractivity contribution >= 4 is 11.9 Å². The Balaban J connectivity index is 0.00000157. The summed E-state index contributed by atoms with van der Waals surface area (Å²) in [6.07, 6.45) is -2.12. The number of benzene rings is 2. The molecule has 4 rings (SSSR count). The van der Waals surface area contributed by atoms with Crippen molar-refractivity contribution in [1.29, 1.82) is 0 Å². The van der Waals surface area contributed by atoms with E-state index in [2.05, 4.69) is 0 Å². The Morgan fingerprint density at radius 3 is 1.13 bits per heavy atom. The second kappa shape index (κ2) is 19.9. The van der Waals surface area contributed by atoms with Crippen LogP contribution in [0.25, 0.3) is 0 Å². The van der Waals surface area contributed by atoms with Gasteiger partial charge in [0.25, 0.3) is 0 Å². The Kier molecular flexibility index (Phi) is 18.3. The van der Waals surface area contributed by atoms with E-state index in [1.807, 2.05) is 55.4 Å². The van der Waals surface area contributed by atoms with Gasteiger partial charge in [-0.05, 0) is 48.5 Å². The van der Waals surface area contributed by atoms with Crippen LogP contribution in [-0.2, 0) is 18.9 Å². The maximum absolute atomic E-state index is 12.4. The van der Waals surface area contributed by atoms with Crippen LogP contribution in [0, 0.1) is 0 Å². The van der Waals surface area contributed by atoms with E-state index < -0.39 is 36.4 Å². The number of hydrogen-bond donors (Lipinski definition) is 0. The molecule has 2 aliphatic rings. The molecule has 2 aliphatic heterocycles. The molecule has 2 fully saturated rings. The van der Waals surface area contributed by atoms with Crippen molar-refractivity contribution in [3.63, 3.8) is 0 Å². The Bertz CT molecular complexity index is 820. The lowest BCUT2D eigenvalue weighted by Gasteiger charge is -2.17. The van der Waals surface area contributed by atoms with Gasteiger partial charge in [0.15, 0.2) is 12.2 Å². The predicted octanol–water partition coefficient (Wildman–Crippen LogP) is 6.36. The van der Waals surface area contributed by atoms with Crippen LogP contribution in [0.1, 0.15) is 76.1 Å². The third kappa shape index (κ3) is 9.65. The first-order chi connectivity index (χ1) is 18.6. The molecular weight excluding hydrogens is 488 g/mol. The Labute approximate surface area is 228 Å². The Morgan fingerprint density at radius 1 is 0.579 bits per heavy atom. The van der Waals surface area contributed by atoms with E-state index in [0.29, 0.717) is 22.6 Å². The SMILES string of the molecule is CC.CC.CC.CC.COc1ccc(C(=O)O[C@H]2CO[C@H]3[C@@H]2OC[C@@H]3OC(=O)c2ccc(OC)cc2)cc1. The van der Waals surface area contributed by atoms with E-state index in [0.717, 1.165) is 0 Å². The van der Waals surface area contributed by atoms with Crippen LogP contribution in [0.4, 0.5) is 0 Å². The molecule has 4 atom stereocenters. The molecule has 0 radical (unpaired) electrons. The second-order valence-corrected chi connectivity index (χ2v) is 6.94. The minimum absolute atomic E-state index is 0.174. The van der Waals surface area contributed by atoms with Crippen LogP contribution < -0.4 is 9.47 Å². The van der Waals surface area contributed by atoms with Crippen molar-refractivity contribution in [3.8, 4) is 11.5 Å². The lowest BCUT2D eigenvalue weighted by atomic mass is 10.1. The first kappa shape index (κ1) is 34.9. The average Bonchev–Trinajstić information content (AvgIpc) is 3.60. The number of fused-ring (bicyclic) bond motifs is 1. The number of ether oxygens (including phenoxy) is 6. The molecule has 0 saturated carbocycles. The summed E-state index contributed by atoms with van der Waals surface area (Å²) >= 11 is 0. The molecule has 2 aromatic rings. The third-order valence-corrected chi connectivity index (χ3v) is 5.13. The topological polar surface area (TPSA) is 89.5 Å². The summed E-state index contributed by atoms with van der Waals surface area (Å²) in [4.78, 5) is 24.8. The standard InChI is InChI=1S/C22H22O8.4C2H6/c1-25-15-7-3-13(4-8-15)21(23)29-17-11-27-20-18(12-28-19(17)20)30-22(24)14-5-9-16(26-2)10-6-14;4*1-2/h3-10,17-20H,11-12H2,1-2H3;4*1-2H3/t17-,18-,19+,20+;;;;/m0..../s1.